The standard InChI is InChI=1S/C31H38ClN3O4S/c1-6-7-17-33-31(37)25(5)34(20-26-10-8-9-23(3)18-26)30(36)21-35(29-19-27(32)14-13-24(29)4)40(38,39)28-15-11-22(2)12-16-28/h8-16,18-19,25H,6-7,17,20-21H2,1-5H3,(H,33,37)/t25-/m0/s1. The van der Waals surface area contributed by atoms with Crippen LogP contribution in [0.1, 0.15) is 48.9 Å². The van der Waals surface area contributed by atoms with Crippen molar-refractivity contribution >= 4 is 39.1 Å². The maximum Gasteiger partial charge on any atom is 0.264 e. The number of halogens is 1. The number of hydrogen-bond donors (Lipinski definition) is 1. The first-order valence-electron chi connectivity index (χ1n) is 13.4. The summed E-state index contributed by atoms with van der Waals surface area (Å²) in [6.45, 7) is 9.43. The summed E-state index contributed by atoms with van der Waals surface area (Å²) in [5.41, 5.74) is 3.71. The number of nitrogens with one attached hydrogen (secondary N) is 1. The largest absolute Gasteiger partial charge is 0.354 e. The van der Waals surface area contributed by atoms with E-state index in [-0.39, 0.29) is 17.3 Å². The molecule has 0 unspecified atom stereocenters. The van der Waals surface area contributed by atoms with Crippen LogP contribution in [0.15, 0.2) is 71.6 Å². The van der Waals surface area contributed by atoms with Gasteiger partial charge in [0.2, 0.25) is 11.8 Å². The maximum absolute atomic E-state index is 14.0. The normalized spacial score (nSPS) is 12.1. The minimum Gasteiger partial charge on any atom is -0.354 e. The molecule has 2 amide bonds. The van der Waals surface area contributed by atoms with Crippen molar-refractivity contribution in [1.82, 2.24) is 10.2 Å². The predicted octanol–water partition coefficient (Wildman–Crippen LogP) is 5.79. The van der Waals surface area contributed by atoms with Crippen molar-refractivity contribution in [2.24, 2.45) is 0 Å². The Morgan fingerprint density at radius 2 is 1.65 bits per heavy atom. The van der Waals surface area contributed by atoms with Gasteiger partial charge in [-0.1, -0.05) is 78.5 Å². The molecule has 0 aliphatic heterocycles. The fourth-order valence-corrected chi connectivity index (χ4v) is 5.96. The third-order valence-corrected chi connectivity index (χ3v) is 8.77. The summed E-state index contributed by atoms with van der Waals surface area (Å²) < 4.78 is 29.0. The zero-order valence-corrected chi connectivity index (χ0v) is 25.3. The van der Waals surface area contributed by atoms with Crippen LogP contribution in [0, 0.1) is 20.8 Å². The molecule has 0 aliphatic rings. The number of unbranched alkanes of at least 4 members (excludes halogenated alkanes) is 1. The lowest BCUT2D eigenvalue weighted by molar-refractivity contribution is -0.139. The number of amides is 2. The first-order valence-corrected chi connectivity index (χ1v) is 15.2. The lowest BCUT2D eigenvalue weighted by atomic mass is 10.1. The Balaban J connectivity index is 2.04. The molecule has 7 nitrogen and oxygen atoms in total. The maximum atomic E-state index is 14.0. The van der Waals surface area contributed by atoms with Gasteiger partial charge in [-0.15, -0.1) is 0 Å². The highest BCUT2D eigenvalue weighted by atomic mass is 35.5. The van der Waals surface area contributed by atoms with Crippen LogP contribution in [0.3, 0.4) is 0 Å². The van der Waals surface area contributed by atoms with Crippen molar-refractivity contribution in [2.75, 3.05) is 17.4 Å². The van der Waals surface area contributed by atoms with Crippen LogP contribution >= 0.6 is 11.6 Å². The topological polar surface area (TPSA) is 86.8 Å². The van der Waals surface area contributed by atoms with Crippen molar-refractivity contribution in [3.05, 3.63) is 94.0 Å². The van der Waals surface area contributed by atoms with Gasteiger partial charge in [0.15, 0.2) is 0 Å². The summed E-state index contributed by atoms with van der Waals surface area (Å²) in [6.07, 6.45) is 1.74. The fraction of sp³-hybridized carbons (Fsp3) is 0.355. The number of sulfonamides is 1. The van der Waals surface area contributed by atoms with Gasteiger partial charge in [0.25, 0.3) is 10.0 Å². The summed E-state index contributed by atoms with van der Waals surface area (Å²) in [7, 11) is -4.16. The van der Waals surface area contributed by atoms with Gasteiger partial charge in [-0.2, -0.15) is 0 Å². The summed E-state index contributed by atoms with van der Waals surface area (Å²) in [6, 6.07) is 18.3. The van der Waals surface area contributed by atoms with Gasteiger partial charge in [-0.25, -0.2) is 8.42 Å². The molecule has 0 fully saturated rings. The van der Waals surface area contributed by atoms with E-state index >= 15 is 0 Å². The lowest BCUT2D eigenvalue weighted by Crippen LogP contribution is -2.51. The molecule has 3 rings (SSSR count). The van der Waals surface area contributed by atoms with Crippen LogP contribution in [-0.4, -0.2) is 44.3 Å². The molecule has 0 heterocycles. The highest BCUT2D eigenvalue weighted by molar-refractivity contribution is 7.92. The van der Waals surface area contributed by atoms with Gasteiger partial charge in [-0.05, 0) is 69.5 Å². The first kappa shape index (κ1) is 31.2. The molecule has 40 heavy (non-hydrogen) atoms. The zero-order valence-electron chi connectivity index (χ0n) is 23.8. The van der Waals surface area contributed by atoms with Crippen LogP contribution in [0.2, 0.25) is 5.02 Å². The van der Waals surface area contributed by atoms with Gasteiger partial charge >= 0.3 is 0 Å². The van der Waals surface area contributed by atoms with E-state index in [9.17, 15) is 18.0 Å². The van der Waals surface area contributed by atoms with Crippen molar-refractivity contribution in [2.45, 2.75) is 64.9 Å². The average molecular weight is 584 g/mol. The molecule has 3 aromatic rings. The molecule has 3 aromatic carbocycles. The van der Waals surface area contributed by atoms with Crippen molar-refractivity contribution in [3.8, 4) is 0 Å². The quantitative estimate of drug-likeness (QED) is 0.273. The summed E-state index contributed by atoms with van der Waals surface area (Å²) >= 11 is 6.28. The molecule has 214 valence electrons. The van der Waals surface area contributed by atoms with E-state index < -0.39 is 28.5 Å². The zero-order chi connectivity index (χ0) is 29.4. The van der Waals surface area contributed by atoms with E-state index in [0.717, 1.165) is 33.8 Å². The second kappa shape index (κ2) is 13.8. The Bertz CT molecular complexity index is 1440. The van der Waals surface area contributed by atoms with Gasteiger partial charge in [0.05, 0.1) is 10.6 Å². The molecule has 0 saturated carbocycles. The van der Waals surface area contributed by atoms with Gasteiger partial charge < -0.3 is 10.2 Å². The molecule has 1 atom stereocenters. The molecular weight excluding hydrogens is 546 g/mol. The number of nitrogens with zero attached hydrogens (tertiary/aromatic N) is 2. The molecule has 0 radical (unpaired) electrons. The van der Waals surface area contributed by atoms with E-state index in [1.807, 2.05) is 45.0 Å². The van der Waals surface area contributed by atoms with Crippen molar-refractivity contribution in [1.29, 1.82) is 0 Å². The Hall–Kier alpha value is -3.36. The average Bonchev–Trinajstić information content (AvgIpc) is 2.91. The summed E-state index contributed by atoms with van der Waals surface area (Å²) in [5, 5.41) is 3.24. The molecule has 0 aromatic heterocycles. The molecule has 0 aliphatic carbocycles. The Morgan fingerprint density at radius 3 is 2.30 bits per heavy atom. The van der Waals surface area contributed by atoms with Crippen molar-refractivity contribution < 1.29 is 18.0 Å². The molecule has 9 heteroatoms. The van der Waals surface area contributed by atoms with E-state index in [0.29, 0.717) is 22.8 Å². The number of carbonyl (C=O) groups is 2. The van der Waals surface area contributed by atoms with E-state index in [1.165, 1.54) is 17.0 Å². The molecule has 0 saturated heterocycles. The van der Waals surface area contributed by atoms with Crippen LogP contribution in [-0.2, 0) is 26.2 Å². The molecular formula is C31H38ClN3O4S. The number of hydrogen-bond acceptors (Lipinski definition) is 4. The summed E-state index contributed by atoms with van der Waals surface area (Å²) in [4.78, 5) is 28.6. The highest BCUT2D eigenvalue weighted by Crippen LogP contribution is 2.30. The van der Waals surface area contributed by atoms with Crippen molar-refractivity contribution in [3.63, 3.8) is 0 Å². The van der Waals surface area contributed by atoms with Crippen LogP contribution in [0.25, 0.3) is 0 Å². The third kappa shape index (κ3) is 7.86. The van der Waals surface area contributed by atoms with E-state index in [1.54, 1.807) is 44.2 Å². The van der Waals surface area contributed by atoms with Crippen LogP contribution < -0.4 is 9.62 Å². The van der Waals surface area contributed by atoms with Gasteiger partial charge in [0.1, 0.15) is 12.6 Å². The number of anilines is 1. The SMILES string of the molecule is CCCCNC(=O)[C@H](C)N(Cc1cccc(C)c1)C(=O)CN(c1cc(Cl)ccc1C)S(=O)(=O)c1ccc(C)cc1. The van der Waals surface area contributed by atoms with Gasteiger partial charge in [0, 0.05) is 18.1 Å². The minimum absolute atomic E-state index is 0.0564. The smallest absolute Gasteiger partial charge is 0.264 e. The fourth-order valence-electron chi connectivity index (χ4n) is 4.33. The van der Waals surface area contributed by atoms with Gasteiger partial charge in [-0.3, -0.25) is 13.9 Å². The monoisotopic (exact) mass is 583 g/mol. The van der Waals surface area contributed by atoms with E-state index in [4.69, 9.17) is 11.6 Å². The second-order valence-corrected chi connectivity index (χ2v) is 12.4. The molecule has 0 spiro atoms. The second-order valence-electron chi connectivity index (χ2n) is 10.1. The third-order valence-electron chi connectivity index (χ3n) is 6.76. The Labute approximate surface area is 243 Å². The number of rotatable bonds is 12. The Kier molecular flexibility index (Phi) is 10.8. The molecule has 0 bridgehead atoms. The van der Waals surface area contributed by atoms with E-state index in [2.05, 4.69) is 5.32 Å². The highest BCUT2D eigenvalue weighted by Gasteiger charge is 2.33. The first-order chi connectivity index (χ1) is 18.9. The minimum atomic E-state index is -4.16. The predicted molar refractivity (Wildman–Crippen MR) is 161 cm³/mol. The van der Waals surface area contributed by atoms with Crippen LogP contribution in [0.4, 0.5) is 5.69 Å². The number of aryl methyl sites for hydroxylation is 3. The number of benzene rings is 3. The number of carbonyl (C=O) groups excluding carboxylic acids is 2. The molecule has 1 N–H and O–H groups in total. The lowest BCUT2D eigenvalue weighted by Gasteiger charge is -2.32. The Morgan fingerprint density at radius 1 is 0.950 bits per heavy atom. The summed E-state index contributed by atoms with van der Waals surface area (Å²) in [5.74, 6) is -0.795. The van der Waals surface area contributed by atoms with Crippen LogP contribution in [0.5, 0.6) is 0 Å².